The van der Waals surface area contributed by atoms with E-state index >= 15 is 0 Å². The number of pyridine rings is 1. The van der Waals surface area contributed by atoms with Gasteiger partial charge in [0.25, 0.3) is 0 Å². The normalized spacial score (nSPS) is 20.9. The molecule has 2 aromatic rings. The molecule has 28 heavy (non-hydrogen) atoms. The van der Waals surface area contributed by atoms with Crippen molar-refractivity contribution < 1.29 is 9.90 Å². The maximum atomic E-state index is 11.9. The predicted molar refractivity (Wildman–Crippen MR) is 111 cm³/mol. The molecular weight excluding hydrogens is 352 g/mol. The minimum atomic E-state index is -0.520. The van der Waals surface area contributed by atoms with Gasteiger partial charge in [-0.2, -0.15) is 0 Å². The van der Waals surface area contributed by atoms with Crippen LogP contribution in [0.15, 0.2) is 42.6 Å². The van der Waals surface area contributed by atoms with Crippen molar-refractivity contribution >= 4 is 17.4 Å². The summed E-state index contributed by atoms with van der Waals surface area (Å²) in [6.45, 7) is 7.96. The molecule has 1 aromatic heterocycles. The molecule has 6 heteroatoms. The van der Waals surface area contributed by atoms with Crippen LogP contribution in [0.2, 0.25) is 0 Å². The first-order chi connectivity index (χ1) is 13.5. The summed E-state index contributed by atoms with van der Waals surface area (Å²) in [6, 6.07) is 12.2. The predicted octanol–water partition coefficient (Wildman–Crippen LogP) is 2.23. The fourth-order valence-electron chi connectivity index (χ4n) is 4.39. The molecule has 1 saturated heterocycles. The summed E-state index contributed by atoms with van der Waals surface area (Å²) in [7, 11) is 0. The number of fused-ring (bicyclic) bond motifs is 1. The molecule has 2 atom stereocenters. The van der Waals surface area contributed by atoms with E-state index < -0.39 is 6.10 Å². The molecule has 1 amide bonds. The van der Waals surface area contributed by atoms with E-state index in [0.717, 1.165) is 55.2 Å². The summed E-state index contributed by atoms with van der Waals surface area (Å²) >= 11 is 0. The average molecular weight is 380 g/mol. The van der Waals surface area contributed by atoms with Gasteiger partial charge in [-0.05, 0) is 42.7 Å². The Morgan fingerprint density at radius 3 is 2.68 bits per heavy atom. The Labute approximate surface area is 166 Å². The van der Waals surface area contributed by atoms with Crippen LogP contribution in [0.25, 0.3) is 0 Å². The van der Waals surface area contributed by atoms with Gasteiger partial charge in [0.05, 0.1) is 6.10 Å². The van der Waals surface area contributed by atoms with E-state index in [-0.39, 0.29) is 11.9 Å². The lowest BCUT2D eigenvalue weighted by Crippen LogP contribution is -2.47. The van der Waals surface area contributed by atoms with Crippen LogP contribution in [0.4, 0.5) is 11.5 Å². The molecule has 0 bridgehead atoms. The average Bonchev–Trinajstić information content (AvgIpc) is 3.04. The number of carbonyl (C=O) groups is 1. The molecule has 0 aliphatic carbocycles. The fourth-order valence-corrected chi connectivity index (χ4v) is 4.39. The highest BCUT2D eigenvalue weighted by molar-refractivity contribution is 5.94. The number of amides is 1. The second-order valence-electron chi connectivity index (χ2n) is 7.82. The summed E-state index contributed by atoms with van der Waals surface area (Å²) in [6.07, 6.45) is 2.15. The van der Waals surface area contributed by atoms with Gasteiger partial charge in [-0.15, -0.1) is 0 Å². The number of carbonyl (C=O) groups excluding carboxylic acids is 1. The van der Waals surface area contributed by atoms with Crippen molar-refractivity contribution in [3.8, 4) is 0 Å². The quantitative estimate of drug-likeness (QED) is 0.882. The molecule has 0 spiro atoms. The number of aliphatic hydroxyl groups excluding tert-OH is 1. The number of hydrogen-bond donors (Lipinski definition) is 1. The van der Waals surface area contributed by atoms with Gasteiger partial charge in [0, 0.05) is 57.6 Å². The Hall–Kier alpha value is -2.44. The SMILES string of the molecule is CC(=O)N1c2ccc([C@H](O)CN3CCN(c4ccccn4)CC3)cc2C[C@@H]1C. The second-order valence-corrected chi connectivity index (χ2v) is 7.82. The Kier molecular flexibility index (Phi) is 5.33. The number of β-amino-alcohol motifs (C(OH)–C–C–N with tert-alkyl or cyclic N) is 1. The van der Waals surface area contributed by atoms with E-state index in [4.69, 9.17) is 0 Å². The molecule has 2 aliphatic rings. The fraction of sp³-hybridized carbons (Fsp3) is 0.455. The highest BCUT2D eigenvalue weighted by Crippen LogP contribution is 2.34. The van der Waals surface area contributed by atoms with Crippen LogP contribution < -0.4 is 9.80 Å². The Bertz CT molecular complexity index is 834. The number of hydrogen-bond acceptors (Lipinski definition) is 5. The van der Waals surface area contributed by atoms with Crippen molar-refractivity contribution in [2.24, 2.45) is 0 Å². The first-order valence-electron chi connectivity index (χ1n) is 10.0. The summed E-state index contributed by atoms with van der Waals surface area (Å²) in [4.78, 5) is 22.8. The van der Waals surface area contributed by atoms with Crippen LogP contribution in [0, 0.1) is 0 Å². The van der Waals surface area contributed by atoms with Crippen LogP contribution in [0.3, 0.4) is 0 Å². The zero-order chi connectivity index (χ0) is 19.7. The Balaban J connectivity index is 1.37. The van der Waals surface area contributed by atoms with Crippen molar-refractivity contribution in [3.63, 3.8) is 0 Å². The number of anilines is 2. The summed E-state index contributed by atoms with van der Waals surface area (Å²) < 4.78 is 0. The molecule has 148 valence electrons. The van der Waals surface area contributed by atoms with Crippen LogP contribution in [-0.4, -0.2) is 59.7 Å². The smallest absolute Gasteiger partial charge is 0.224 e. The van der Waals surface area contributed by atoms with E-state index in [1.165, 1.54) is 0 Å². The highest BCUT2D eigenvalue weighted by atomic mass is 16.3. The number of benzene rings is 1. The Morgan fingerprint density at radius 1 is 1.21 bits per heavy atom. The van der Waals surface area contributed by atoms with E-state index in [1.807, 2.05) is 41.4 Å². The van der Waals surface area contributed by atoms with Gasteiger partial charge >= 0.3 is 0 Å². The molecule has 1 N–H and O–H groups in total. The van der Waals surface area contributed by atoms with Crippen LogP contribution in [0.5, 0.6) is 0 Å². The standard InChI is InChI=1S/C22H28N4O2/c1-16-13-19-14-18(6-7-20(19)26(16)17(2)27)21(28)15-24-9-11-25(12-10-24)22-5-3-4-8-23-22/h3-8,14,16,21,28H,9-13,15H2,1-2H3/t16-,21+/m0/s1. The third kappa shape index (κ3) is 3.75. The molecule has 4 rings (SSSR count). The van der Waals surface area contributed by atoms with E-state index in [0.29, 0.717) is 6.54 Å². The summed E-state index contributed by atoms with van der Waals surface area (Å²) in [5.74, 6) is 1.09. The number of rotatable bonds is 4. The maximum Gasteiger partial charge on any atom is 0.224 e. The largest absolute Gasteiger partial charge is 0.387 e. The molecule has 6 nitrogen and oxygen atoms in total. The van der Waals surface area contributed by atoms with Gasteiger partial charge < -0.3 is 14.9 Å². The first-order valence-corrected chi connectivity index (χ1v) is 10.0. The van der Waals surface area contributed by atoms with Gasteiger partial charge in [-0.1, -0.05) is 18.2 Å². The molecule has 0 saturated carbocycles. The molecule has 1 fully saturated rings. The highest BCUT2D eigenvalue weighted by Gasteiger charge is 2.29. The number of aromatic nitrogens is 1. The zero-order valence-corrected chi connectivity index (χ0v) is 16.6. The topological polar surface area (TPSA) is 59.9 Å². The molecule has 3 heterocycles. The van der Waals surface area contributed by atoms with Crippen molar-refractivity contribution in [2.45, 2.75) is 32.4 Å². The lowest BCUT2D eigenvalue weighted by molar-refractivity contribution is -0.116. The van der Waals surface area contributed by atoms with E-state index in [9.17, 15) is 9.90 Å². The maximum absolute atomic E-state index is 11.9. The summed E-state index contributed by atoms with van der Waals surface area (Å²) in [5.41, 5.74) is 3.07. The van der Waals surface area contributed by atoms with E-state index in [2.05, 4.69) is 27.8 Å². The number of aliphatic hydroxyl groups is 1. The van der Waals surface area contributed by atoms with Crippen LogP contribution in [0.1, 0.15) is 31.1 Å². The lowest BCUT2D eigenvalue weighted by Gasteiger charge is -2.36. The van der Waals surface area contributed by atoms with Crippen LogP contribution in [-0.2, 0) is 11.2 Å². The molecule has 1 aromatic carbocycles. The molecule has 2 aliphatic heterocycles. The molecule has 0 unspecified atom stereocenters. The Morgan fingerprint density at radius 2 is 2.00 bits per heavy atom. The van der Waals surface area contributed by atoms with Gasteiger partial charge in [0.2, 0.25) is 5.91 Å². The monoisotopic (exact) mass is 380 g/mol. The number of nitrogens with zero attached hydrogens (tertiary/aromatic N) is 4. The van der Waals surface area contributed by atoms with Crippen LogP contribution >= 0.6 is 0 Å². The zero-order valence-electron chi connectivity index (χ0n) is 16.6. The third-order valence-corrected chi connectivity index (χ3v) is 5.82. The van der Waals surface area contributed by atoms with Crippen molar-refractivity contribution in [1.82, 2.24) is 9.88 Å². The second kappa shape index (κ2) is 7.89. The van der Waals surface area contributed by atoms with Gasteiger partial charge in [-0.3, -0.25) is 9.69 Å². The van der Waals surface area contributed by atoms with Gasteiger partial charge in [0.1, 0.15) is 5.82 Å². The summed E-state index contributed by atoms with van der Waals surface area (Å²) in [5, 5.41) is 10.8. The minimum Gasteiger partial charge on any atom is -0.387 e. The molecular formula is C22H28N4O2. The third-order valence-electron chi connectivity index (χ3n) is 5.82. The lowest BCUT2D eigenvalue weighted by atomic mass is 10.0. The van der Waals surface area contributed by atoms with Gasteiger partial charge in [0.15, 0.2) is 0 Å². The molecule has 0 radical (unpaired) electrons. The van der Waals surface area contributed by atoms with Crippen molar-refractivity contribution in [3.05, 3.63) is 53.7 Å². The minimum absolute atomic E-state index is 0.0744. The van der Waals surface area contributed by atoms with Crippen molar-refractivity contribution in [2.75, 3.05) is 42.5 Å². The van der Waals surface area contributed by atoms with Gasteiger partial charge in [-0.25, -0.2) is 4.98 Å². The number of piperazine rings is 1. The first kappa shape index (κ1) is 18.9. The van der Waals surface area contributed by atoms with Crippen molar-refractivity contribution in [1.29, 1.82) is 0 Å². The van der Waals surface area contributed by atoms with E-state index in [1.54, 1.807) is 6.92 Å².